The minimum atomic E-state index is -0.364. The Morgan fingerprint density at radius 1 is 1.10 bits per heavy atom. The molecule has 1 aliphatic heterocycles. The van der Waals surface area contributed by atoms with Crippen LogP contribution in [0.25, 0.3) is 10.2 Å². The SMILES string of the molecule is CN(C)CCN(C(=O)C1CC(=O)N(c2ccccc2)C1)c1nc2ccccc2s1. The molecular weight excluding hydrogens is 384 g/mol. The largest absolute Gasteiger partial charge is 0.312 e. The van der Waals surface area contributed by atoms with Crippen LogP contribution in [0.4, 0.5) is 10.8 Å². The van der Waals surface area contributed by atoms with Crippen molar-refractivity contribution >= 4 is 44.2 Å². The topological polar surface area (TPSA) is 56.8 Å². The maximum Gasteiger partial charge on any atom is 0.234 e. The summed E-state index contributed by atoms with van der Waals surface area (Å²) in [7, 11) is 3.97. The third-order valence-corrected chi connectivity index (χ3v) is 6.15. The van der Waals surface area contributed by atoms with Crippen LogP contribution in [0.15, 0.2) is 54.6 Å². The highest BCUT2D eigenvalue weighted by Crippen LogP contribution is 2.32. The van der Waals surface area contributed by atoms with Gasteiger partial charge in [0.15, 0.2) is 5.13 Å². The summed E-state index contributed by atoms with van der Waals surface area (Å²) in [5, 5.41) is 0.698. The molecule has 0 radical (unpaired) electrons. The van der Waals surface area contributed by atoms with E-state index in [1.165, 1.54) is 11.3 Å². The average molecular weight is 409 g/mol. The number of likely N-dealkylation sites (N-methyl/N-ethyl adjacent to an activating group) is 1. The van der Waals surface area contributed by atoms with Crippen molar-refractivity contribution in [2.24, 2.45) is 5.92 Å². The molecule has 0 spiro atoms. The van der Waals surface area contributed by atoms with E-state index >= 15 is 0 Å². The first-order chi connectivity index (χ1) is 14.0. The fourth-order valence-electron chi connectivity index (χ4n) is 3.53. The normalized spacial score (nSPS) is 16.7. The predicted molar refractivity (Wildman–Crippen MR) is 117 cm³/mol. The van der Waals surface area contributed by atoms with Crippen LogP contribution < -0.4 is 9.80 Å². The van der Waals surface area contributed by atoms with Crippen LogP contribution in [-0.2, 0) is 9.59 Å². The number of amides is 2. The molecule has 4 rings (SSSR count). The van der Waals surface area contributed by atoms with Crippen LogP contribution in [0.1, 0.15) is 6.42 Å². The number of anilines is 2. The summed E-state index contributed by atoms with van der Waals surface area (Å²) in [6.45, 7) is 1.68. The highest BCUT2D eigenvalue weighted by Gasteiger charge is 2.38. The van der Waals surface area contributed by atoms with Crippen molar-refractivity contribution in [3.8, 4) is 0 Å². The molecule has 2 amide bonds. The van der Waals surface area contributed by atoms with Gasteiger partial charge in [-0.1, -0.05) is 41.7 Å². The average Bonchev–Trinajstić information content (AvgIpc) is 3.32. The zero-order valence-electron chi connectivity index (χ0n) is 16.6. The van der Waals surface area contributed by atoms with Gasteiger partial charge >= 0.3 is 0 Å². The lowest BCUT2D eigenvalue weighted by Crippen LogP contribution is -2.41. The Balaban J connectivity index is 1.59. The Labute approximate surface area is 174 Å². The minimum Gasteiger partial charge on any atom is -0.312 e. The van der Waals surface area contributed by atoms with Crippen LogP contribution in [0.5, 0.6) is 0 Å². The van der Waals surface area contributed by atoms with Gasteiger partial charge in [-0.25, -0.2) is 4.98 Å². The van der Waals surface area contributed by atoms with Crippen LogP contribution in [-0.4, -0.2) is 55.4 Å². The number of aromatic nitrogens is 1. The number of thiazole rings is 1. The fraction of sp³-hybridized carbons (Fsp3) is 0.318. The molecule has 3 aromatic rings. The first kappa shape index (κ1) is 19.5. The molecule has 2 heterocycles. The fourth-order valence-corrected chi connectivity index (χ4v) is 4.52. The molecule has 0 aliphatic carbocycles. The second-order valence-electron chi connectivity index (χ2n) is 7.50. The van der Waals surface area contributed by atoms with E-state index in [2.05, 4.69) is 4.98 Å². The number of benzene rings is 2. The smallest absolute Gasteiger partial charge is 0.234 e. The summed E-state index contributed by atoms with van der Waals surface area (Å²) in [6, 6.07) is 17.4. The minimum absolute atomic E-state index is 0.00795. The molecule has 150 valence electrons. The molecule has 1 saturated heterocycles. The van der Waals surface area contributed by atoms with Crippen LogP contribution in [0.2, 0.25) is 0 Å². The Morgan fingerprint density at radius 3 is 2.55 bits per heavy atom. The Morgan fingerprint density at radius 2 is 1.83 bits per heavy atom. The molecule has 1 aliphatic rings. The molecule has 0 N–H and O–H groups in total. The van der Waals surface area contributed by atoms with Gasteiger partial charge in [0, 0.05) is 31.7 Å². The molecule has 7 heteroatoms. The number of fused-ring (bicyclic) bond motifs is 1. The van der Waals surface area contributed by atoms with Gasteiger partial charge in [-0.05, 0) is 38.4 Å². The van der Waals surface area contributed by atoms with Gasteiger partial charge in [0.2, 0.25) is 11.8 Å². The van der Waals surface area contributed by atoms with Crippen molar-refractivity contribution < 1.29 is 9.59 Å². The quantitative estimate of drug-likeness (QED) is 0.628. The van der Waals surface area contributed by atoms with Gasteiger partial charge in [-0.2, -0.15) is 0 Å². The molecule has 1 unspecified atom stereocenters. The van der Waals surface area contributed by atoms with Gasteiger partial charge in [-0.3, -0.25) is 14.5 Å². The lowest BCUT2D eigenvalue weighted by atomic mass is 10.1. The number of rotatable bonds is 6. The van der Waals surface area contributed by atoms with Crippen LogP contribution >= 0.6 is 11.3 Å². The summed E-state index contributed by atoms with van der Waals surface area (Å²) in [5.74, 6) is -0.402. The highest BCUT2D eigenvalue weighted by atomic mass is 32.1. The van der Waals surface area contributed by atoms with Crippen LogP contribution in [0, 0.1) is 5.92 Å². The standard InChI is InChI=1S/C22H24N4O2S/c1-24(2)12-13-25(22-23-18-10-6-7-11-19(18)29-22)21(28)16-14-20(27)26(15-16)17-8-4-3-5-9-17/h3-11,16H,12-15H2,1-2H3. The number of hydrogen-bond donors (Lipinski definition) is 0. The summed E-state index contributed by atoms with van der Waals surface area (Å²) in [5.41, 5.74) is 1.73. The van der Waals surface area contributed by atoms with Crippen LogP contribution in [0.3, 0.4) is 0 Å². The van der Waals surface area contributed by atoms with Gasteiger partial charge in [0.1, 0.15) is 0 Å². The molecule has 1 atom stereocenters. The van der Waals surface area contributed by atoms with E-state index in [1.54, 1.807) is 9.80 Å². The summed E-state index contributed by atoms with van der Waals surface area (Å²) in [4.78, 5) is 36.2. The van der Waals surface area contributed by atoms with Crippen molar-refractivity contribution in [3.63, 3.8) is 0 Å². The van der Waals surface area contributed by atoms with Crippen molar-refractivity contribution in [3.05, 3.63) is 54.6 Å². The first-order valence-electron chi connectivity index (χ1n) is 9.70. The number of carbonyl (C=O) groups excluding carboxylic acids is 2. The first-order valence-corrected chi connectivity index (χ1v) is 10.5. The van der Waals surface area contributed by atoms with Crippen molar-refractivity contribution in [1.29, 1.82) is 0 Å². The Hall–Kier alpha value is -2.77. The van der Waals surface area contributed by atoms with Crippen molar-refractivity contribution in [1.82, 2.24) is 9.88 Å². The van der Waals surface area contributed by atoms with Crippen molar-refractivity contribution in [2.75, 3.05) is 43.5 Å². The summed E-state index contributed by atoms with van der Waals surface area (Å²) in [6.07, 6.45) is 0.233. The van der Waals surface area contributed by atoms with Crippen molar-refractivity contribution in [2.45, 2.75) is 6.42 Å². The zero-order chi connectivity index (χ0) is 20.4. The van der Waals surface area contributed by atoms with E-state index in [0.717, 1.165) is 22.4 Å². The molecule has 0 saturated carbocycles. The van der Waals surface area contributed by atoms with E-state index in [9.17, 15) is 9.59 Å². The van der Waals surface area contributed by atoms with E-state index < -0.39 is 0 Å². The van der Waals surface area contributed by atoms with E-state index in [1.807, 2.05) is 73.6 Å². The molecule has 1 fully saturated rings. The van der Waals surface area contributed by atoms with Gasteiger partial charge in [0.25, 0.3) is 0 Å². The molecule has 2 aromatic carbocycles. The third kappa shape index (κ3) is 4.16. The Kier molecular flexibility index (Phi) is 5.60. The number of hydrogen-bond acceptors (Lipinski definition) is 5. The van der Waals surface area contributed by atoms with Gasteiger partial charge < -0.3 is 9.80 Å². The molecular formula is C22H24N4O2S. The summed E-state index contributed by atoms with van der Waals surface area (Å²) >= 11 is 1.52. The predicted octanol–water partition coefficient (Wildman–Crippen LogP) is 3.24. The van der Waals surface area contributed by atoms with Gasteiger partial charge in [-0.15, -0.1) is 0 Å². The number of carbonyl (C=O) groups is 2. The molecule has 6 nitrogen and oxygen atoms in total. The summed E-state index contributed by atoms with van der Waals surface area (Å²) < 4.78 is 1.05. The molecule has 29 heavy (non-hydrogen) atoms. The lowest BCUT2D eigenvalue weighted by Gasteiger charge is -2.24. The second kappa shape index (κ2) is 8.31. The number of para-hydroxylation sites is 2. The zero-order valence-corrected chi connectivity index (χ0v) is 17.4. The van der Waals surface area contributed by atoms with Gasteiger partial charge in [0.05, 0.1) is 16.1 Å². The molecule has 1 aromatic heterocycles. The molecule has 0 bridgehead atoms. The third-order valence-electron chi connectivity index (χ3n) is 5.09. The number of nitrogens with zero attached hydrogens (tertiary/aromatic N) is 4. The monoisotopic (exact) mass is 408 g/mol. The van der Waals surface area contributed by atoms with E-state index in [0.29, 0.717) is 18.2 Å². The maximum atomic E-state index is 13.5. The van der Waals surface area contributed by atoms with E-state index in [-0.39, 0.29) is 24.2 Å². The maximum absolute atomic E-state index is 13.5. The highest BCUT2D eigenvalue weighted by molar-refractivity contribution is 7.22. The second-order valence-corrected chi connectivity index (χ2v) is 8.51. The Bertz CT molecular complexity index is 985. The lowest BCUT2D eigenvalue weighted by molar-refractivity contribution is -0.124. The van der Waals surface area contributed by atoms with E-state index in [4.69, 9.17) is 0 Å².